The summed E-state index contributed by atoms with van der Waals surface area (Å²) in [6.45, 7) is 1.95. The normalized spacial score (nSPS) is 13.0. The lowest BCUT2D eigenvalue weighted by Gasteiger charge is -2.10. The molecule has 116 valence electrons. The van der Waals surface area contributed by atoms with Gasteiger partial charge in [-0.2, -0.15) is 4.98 Å². The summed E-state index contributed by atoms with van der Waals surface area (Å²) in [5.74, 6) is 0.446. The van der Waals surface area contributed by atoms with Crippen molar-refractivity contribution in [2.75, 3.05) is 5.73 Å². The molecular weight excluding hydrogens is 292 g/mol. The molecular formula is C17H16N4O2. The quantitative estimate of drug-likeness (QED) is 0.438. The smallest absolute Gasteiger partial charge is 0.260 e. The number of nitrogen functional groups attached to an aromatic ring is 1. The summed E-state index contributed by atoms with van der Waals surface area (Å²) in [6.07, 6.45) is 0. The molecule has 0 fully saturated rings. The van der Waals surface area contributed by atoms with Crippen LogP contribution in [0.5, 0.6) is 0 Å². The number of anilines is 1. The van der Waals surface area contributed by atoms with E-state index in [4.69, 9.17) is 10.3 Å². The highest BCUT2D eigenvalue weighted by atomic mass is 16.5. The van der Waals surface area contributed by atoms with Gasteiger partial charge >= 0.3 is 0 Å². The minimum Gasteiger partial charge on any atom is -0.410 e. The van der Waals surface area contributed by atoms with Crippen LogP contribution in [0.3, 0.4) is 0 Å². The van der Waals surface area contributed by atoms with Crippen LogP contribution < -0.4 is 5.73 Å². The van der Waals surface area contributed by atoms with Crippen LogP contribution >= 0.6 is 0 Å². The Morgan fingerprint density at radius 2 is 1.87 bits per heavy atom. The van der Waals surface area contributed by atoms with E-state index in [-0.39, 0.29) is 11.9 Å². The molecule has 0 aliphatic heterocycles. The molecule has 0 bridgehead atoms. The molecule has 0 radical (unpaired) electrons. The second-order valence-electron chi connectivity index (χ2n) is 5.15. The Bertz CT molecular complexity index is 827. The number of nitrogens with zero attached hydrogens (tertiary/aromatic N) is 3. The van der Waals surface area contributed by atoms with E-state index in [0.29, 0.717) is 11.6 Å². The SMILES string of the molecule is CC(c1cccc(C(=NO)c2ccccc2)c1)c1nc(N)no1. The van der Waals surface area contributed by atoms with E-state index in [1.54, 1.807) is 0 Å². The van der Waals surface area contributed by atoms with Gasteiger partial charge in [-0.3, -0.25) is 0 Å². The lowest BCUT2D eigenvalue weighted by molar-refractivity contribution is 0.319. The molecule has 6 heteroatoms. The standard InChI is InChI=1S/C17H16N4O2/c1-11(16-19-17(18)21-23-16)13-8-5-9-14(10-13)15(20-22)12-6-3-2-4-7-12/h2-11,22H,1H3,(H2,18,21). The number of nitrogens with two attached hydrogens (primary N) is 1. The first-order valence-electron chi connectivity index (χ1n) is 7.16. The van der Waals surface area contributed by atoms with Crippen molar-refractivity contribution in [3.63, 3.8) is 0 Å². The molecule has 3 aromatic rings. The third-order valence-corrected chi connectivity index (χ3v) is 3.64. The molecule has 0 saturated carbocycles. The molecule has 0 amide bonds. The Hall–Kier alpha value is -3.15. The van der Waals surface area contributed by atoms with Crippen molar-refractivity contribution in [1.82, 2.24) is 10.1 Å². The summed E-state index contributed by atoms with van der Waals surface area (Å²) in [6, 6.07) is 17.2. The number of hydrogen-bond donors (Lipinski definition) is 2. The first-order valence-corrected chi connectivity index (χ1v) is 7.16. The van der Waals surface area contributed by atoms with Gasteiger partial charge in [-0.25, -0.2) is 0 Å². The van der Waals surface area contributed by atoms with Gasteiger partial charge < -0.3 is 15.5 Å². The van der Waals surface area contributed by atoms with Crippen molar-refractivity contribution >= 4 is 11.7 Å². The molecule has 2 aromatic carbocycles. The Labute approximate surface area is 133 Å². The van der Waals surface area contributed by atoms with Crippen LogP contribution in [0, 0.1) is 0 Å². The van der Waals surface area contributed by atoms with E-state index in [0.717, 1.165) is 16.7 Å². The van der Waals surface area contributed by atoms with E-state index in [2.05, 4.69) is 15.3 Å². The van der Waals surface area contributed by atoms with E-state index < -0.39 is 0 Å². The highest BCUT2D eigenvalue weighted by Crippen LogP contribution is 2.24. The zero-order valence-corrected chi connectivity index (χ0v) is 12.5. The summed E-state index contributed by atoms with van der Waals surface area (Å²) in [5, 5.41) is 16.5. The number of hydrogen-bond acceptors (Lipinski definition) is 6. The molecule has 0 aliphatic rings. The molecule has 1 atom stereocenters. The molecule has 0 aliphatic carbocycles. The topological polar surface area (TPSA) is 97.5 Å². The van der Waals surface area contributed by atoms with Crippen LogP contribution in [0.25, 0.3) is 0 Å². The highest BCUT2D eigenvalue weighted by Gasteiger charge is 2.17. The molecule has 3 N–H and O–H groups in total. The Kier molecular flexibility index (Phi) is 4.05. The van der Waals surface area contributed by atoms with Crippen molar-refractivity contribution in [1.29, 1.82) is 0 Å². The van der Waals surface area contributed by atoms with Crippen LogP contribution in [0.1, 0.15) is 35.4 Å². The molecule has 1 heterocycles. The van der Waals surface area contributed by atoms with E-state index in [1.807, 2.05) is 61.5 Å². The Morgan fingerprint density at radius 1 is 1.13 bits per heavy atom. The van der Waals surface area contributed by atoms with Gasteiger partial charge in [0.15, 0.2) is 0 Å². The lowest BCUT2D eigenvalue weighted by atomic mass is 9.95. The van der Waals surface area contributed by atoms with E-state index in [9.17, 15) is 5.21 Å². The zero-order chi connectivity index (χ0) is 16.2. The van der Waals surface area contributed by atoms with E-state index >= 15 is 0 Å². The molecule has 1 unspecified atom stereocenters. The lowest BCUT2D eigenvalue weighted by Crippen LogP contribution is -2.05. The van der Waals surface area contributed by atoms with Crippen LogP contribution in [-0.4, -0.2) is 21.1 Å². The summed E-state index contributed by atoms with van der Waals surface area (Å²) in [5.41, 5.74) is 8.60. The molecule has 1 aromatic heterocycles. The van der Waals surface area contributed by atoms with Crippen LogP contribution in [0.2, 0.25) is 0 Å². The summed E-state index contributed by atoms with van der Waals surface area (Å²) < 4.78 is 5.13. The van der Waals surface area contributed by atoms with Gasteiger partial charge in [-0.05, 0) is 23.7 Å². The largest absolute Gasteiger partial charge is 0.410 e. The Morgan fingerprint density at radius 3 is 2.52 bits per heavy atom. The maximum atomic E-state index is 9.41. The average molecular weight is 308 g/mol. The van der Waals surface area contributed by atoms with E-state index in [1.165, 1.54) is 0 Å². The monoisotopic (exact) mass is 308 g/mol. The minimum atomic E-state index is -0.115. The molecule has 0 spiro atoms. The van der Waals surface area contributed by atoms with Crippen LogP contribution in [0.4, 0.5) is 5.95 Å². The predicted molar refractivity (Wildman–Crippen MR) is 86.5 cm³/mol. The van der Waals surface area contributed by atoms with Crippen molar-refractivity contribution in [3.05, 3.63) is 77.2 Å². The fraction of sp³-hybridized carbons (Fsp3) is 0.118. The Balaban J connectivity index is 1.96. The number of oxime groups is 1. The van der Waals surface area contributed by atoms with Crippen LogP contribution in [0.15, 0.2) is 64.3 Å². The van der Waals surface area contributed by atoms with Crippen LogP contribution in [-0.2, 0) is 0 Å². The van der Waals surface area contributed by atoms with Gasteiger partial charge in [0.05, 0.1) is 5.92 Å². The third kappa shape index (κ3) is 3.06. The fourth-order valence-electron chi connectivity index (χ4n) is 2.40. The summed E-state index contributed by atoms with van der Waals surface area (Å²) >= 11 is 0. The van der Waals surface area contributed by atoms with Gasteiger partial charge in [-0.15, -0.1) is 0 Å². The number of benzene rings is 2. The zero-order valence-electron chi connectivity index (χ0n) is 12.5. The van der Waals surface area contributed by atoms with Crippen molar-refractivity contribution in [2.45, 2.75) is 12.8 Å². The minimum absolute atomic E-state index is 0.115. The molecule has 6 nitrogen and oxygen atoms in total. The van der Waals surface area contributed by atoms with Gasteiger partial charge in [0.25, 0.3) is 5.95 Å². The highest BCUT2D eigenvalue weighted by molar-refractivity contribution is 6.12. The molecule has 23 heavy (non-hydrogen) atoms. The summed E-state index contributed by atoms with van der Waals surface area (Å²) in [4.78, 5) is 4.06. The van der Waals surface area contributed by atoms with Gasteiger partial charge in [-0.1, -0.05) is 53.7 Å². The maximum absolute atomic E-state index is 9.41. The number of rotatable bonds is 4. The van der Waals surface area contributed by atoms with Crippen molar-refractivity contribution in [2.24, 2.45) is 5.16 Å². The van der Waals surface area contributed by atoms with Gasteiger partial charge in [0.2, 0.25) is 5.89 Å². The van der Waals surface area contributed by atoms with Gasteiger partial charge in [0, 0.05) is 11.1 Å². The molecule has 3 rings (SSSR count). The number of aromatic nitrogens is 2. The first kappa shape index (κ1) is 14.8. The third-order valence-electron chi connectivity index (χ3n) is 3.64. The maximum Gasteiger partial charge on any atom is 0.260 e. The average Bonchev–Trinajstić information content (AvgIpc) is 3.03. The summed E-state index contributed by atoms with van der Waals surface area (Å²) in [7, 11) is 0. The van der Waals surface area contributed by atoms with Crippen molar-refractivity contribution < 1.29 is 9.73 Å². The fourth-order valence-corrected chi connectivity index (χ4v) is 2.40. The van der Waals surface area contributed by atoms with Crippen molar-refractivity contribution in [3.8, 4) is 0 Å². The van der Waals surface area contributed by atoms with Gasteiger partial charge in [0.1, 0.15) is 5.71 Å². The molecule has 0 saturated heterocycles. The second kappa shape index (κ2) is 6.31. The first-order chi connectivity index (χ1) is 11.2. The second-order valence-corrected chi connectivity index (χ2v) is 5.15. The predicted octanol–water partition coefficient (Wildman–Crippen LogP) is 3.03.